The molecule has 0 aromatic rings. The summed E-state index contributed by atoms with van der Waals surface area (Å²) in [5, 5.41) is 3.38. The van der Waals surface area contributed by atoms with Crippen LogP contribution in [0.3, 0.4) is 0 Å². The van der Waals surface area contributed by atoms with Crippen molar-refractivity contribution < 1.29 is 8.78 Å². The fourth-order valence-electron chi connectivity index (χ4n) is 3.12. The van der Waals surface area contributed by atoms with Crippen molar-refractivity contribution in [2.75, 3.05) is 32.7 Å². The van der Waals surface area contributed by atoms with Crippen LogP contribution in [0.15, 0.2) is 0 Å². The van der Waals surface area contributed by atoms with Gasteiger partial charge in [-0.05, 0) is 63.7 Å². The highest BCUT2D eigenvalue weighted by Gasteiger charge is 2.28. The number of alkyl halides is 2. The van der Waals surface area contributed by atoms with E-state index in [9.17, 15) is 8.78 Å². The van der Waals surface area contributed by atoms with Crippen molar-refractivity contribution in [1.82, 2.24) is 10.2 Å². The van der Waals surface area contributed by atoms with Crippen LogP contribution in [-0.4, -0.2) is 44.0 Å². The molecule has 0 saturated carbocycles. The molecule has 0 aromatic carbocycles. The van der Waals surface area contributed by atoms with Crippen LogP contribution in [0.2, 0.25) is 0 Å². The summed E-state index contributed by atoms with van der Waals surface area (Å²) in [6, 6.07) is 0. The molecule has 0 aliphatic carbocycles. The zero-order chi connectivity index (χ0) is 11.4. The van der Waals surface area contributed by atoms with Crippen molar-refractivity contribution in [3.8, 4) is 0 Å². The largest absolute Gasteiger partial charge is 0.317 e. The number of rotatable bonds is 3. The van der Waals surface area contributed by atoms with Gasteiger partial charge in [-0.15, -0.1) is 24.8 Å². The monoisotopic (exact) mass is 304 g/mol. The maximum Gasteiger partial charge on any atom is 0.251 e. The number of nitrogens with one attached hydrogen (secondary N) is 1. The Morgan fingerprint density at radius 2 is 1.44 bits per heavy atom. The lowest BCUT2D eigenvalue weighted by Crippen LogP contribution is -2.40. The normalized spacial score (nSPS) is 23.5. The molecule has 18 heavy (non-hydrogen) atoms. The smallest absolute Gasteiger partial charge is 0.251 e. The molecule has 0 bridgehead atoms. The summed E-state index contributed by atoms with van der Waals surface area (Å²) < 4.78 is 24.4. The minimum Gasteiger partial charge on any atom is -0.317 e. The second kappa shape index (κ2) is 9.29. The van der Waals surface area contributed by atoms with E-state index >= 15 is 0 Å². The predicted molar refractivity (Wildman–Crippen MR) is 75.3 cm³/mol. The highest BCUT2D eigenvalue weighted by atomic mass is 35.5. The Bertz CT molecular complexity index is 206. The summed E-state index contributed by atoms with van der Waals surface area (Å²) >= 11 is 0. The van der Waals surface area contributed by atoms with Crippen LogP contribution in [0.5, 0.6) is 0 Å². The first-order valence-electron chi connectivity index (χ1n) is 6.47. The van der Waals surface area contributed by atoms with Gasteiger partial charge < -0.3 is 5.32 Å². The molecular formula is C12H24Cl2F2N2. The first-order chi connectivity index (χ1) is 7.75. The van der Waals surface area contributed by atoms with E-state index in [-0.39, 0.29) is 31.4 Å². The molecule has 0 radical (unpaired) electrons. The molecule has 2 rings (SSSR count). The van der Waals surface area contributed by atoms with Crippen LogP contribution in [0.4, 0.5) is 8.78 Å². The van der Waals surface area contributed by atoms with Crippen molar-refractivity contribution >= 4 is 24.8 Å². The molecule has 2 heterocycles. The van der Waals surface area contributed by atoms with Crippen molar-refractivity contribution in [3.63, 3.8) is 0 Å². The predicted octanol–water partition coefficient (Wildman–Crippen LogP) is 2.81. The zero-order valence-electron chi connectivity index (χ0n) is 10.6. The van der Waals surface area contributed by atoms with Crippen LogP contribution in [0.25, 0.3) is 0 Å². The maximum atomic E-state index is 12.2. The van der Waals surface area contributed by atoms with Gasteiger partial charge in [-0.2, -0.15) is 0 Å². The van der Waals surface area contributed by atoms with Crippen LogP contribution in [0.1, 0.15) is 25.7 Å². The molecule has 0 aromatic heterocycles. The van der Waals surface area contributed by atoms with Gasteiger partial charge in [0.25, 0.3) is 6.43 Å². The molecule has 2 fully saturated rings. The first kappa shape index (κ1) is 18.4. The van der Waals surface area contributed by atoms with E-state index in [2.05, 4.69) is 5.32 Å². The maximum absolute atomic E-state index is 12.2. The minimum atomic E-state index is -2.17. The van der Waals surface area contributed by atoms with E-state index < -0.39 is 6.43 Å². The Kier molecular flexibility index (Phi) is 9.48. The minimum absolute atomic E-state index is 0. The topological polar surface area (TPSA) is 15.3 Å². The summed E-state index contributed by atoms with van der Waals surface area (Å²) in [4.78, 5) is 1.92. The van der Waals surface area contributed by atoms with Gasteiger partial charge in [0.05, 0.1) is 6.54 Å². The fraction of sp³-hybridized carbons (Fsp3) is 1.00. The number of hydrogen-bond acceptors (Lipinski definition) is 2. The van der Waals surface area contributed by atoms with Crippen LogP contribution >= 0.6 is 24.8 Å². The lowest BCUT2D eigenvalue weighted by molar-refractivity contribution is 0.0575. The average Bonchev–Trinajstić information content (AvgIpc) is 2.30. The third-order valence-electron chi connectivity index (χ3n) is 4.08. The van der Waals surface area contributed by atoms with Crippen LogP contribution in [0, 0.1) is 11.8 Å². The molecule has 0 spiro atoms. The number of piperidine rings is 2. The van der Waals surface area contributed by atoms with Crippen LogP contribution < -0.4 is 5.32 Å². The molecule has 110 valence electrons. The molecule has 0 unspecified atom stereocenters. The van der Waals surface area contributed by atoms with E-state index in [1.165, 1.54) is 12.8 Å². The standard InChI is InChI=1S/C12H22F2N2.2ClH/c13-12(14)9-16-7-3-11(4-8-16)10-1-5-15-6-2-10;;/h10-12,15H,1-9H2;2*1H. The van der Waals surface area contributed by atoms with Crippen molar-refractivity contribution in [1.29, 1.82) is 0 Å². The fourth-order valence-corrected chi connectivity index (χ4v) is 3.12. The van der Waals surface area contributed by atoms with Gasteiger partial charge in [-0.3, -0.25) is 4.90 Å². The average molecular weight is 305 g/mol. The second-order valence-corrected chi connectivity index (χ2v) is 5.12. The van der Waals surface area contributed by atoms with Crippen molar-refractivity contribution in [3.05, 3.63) is 0 Å². The van der Waals surface area contributed by atoms with Gasteiger partial charge in [-0.1, -0.05) is 0 Å². The summed E-state index contributed by atoms with van der Waals surface area (Å²) in [7, 11) is 0. The van der Waals surface area contributed by atoms with Crippen molar-refractivity contribution in [2.45, 2.75) is 32.1 Å². The van der Waals surface area contributed by atoms with E-state index in [1.54, 1.807) is 0 Å². The van der Waals surface area contributed by atoms with Gasteiger partial charge in [0.1, 0.15) is 0 Å². The van der Waals surface area contributed by atoms with E-state index in [0.717, 1.165) is 50.9 Å². The van der Waals surface area contributed by atoms with E-state index in [0.29, 0.717) is 0 Å². The number of nitrogens with zero attached hydrogens (tertiary/aromatic N) is 1. The van der Waals surface area contributed by atoms with Gasteiger partial charge >= 0.3 is 0 Å². The third-order valence-corrected chi connectivity index (χ3v) is 4.08. The first-order valence-corrected chi connectivity index (χ1v) is 6.47. The number of halogens is 4. The molecule has 2 aliphatic heterocycles. The van der Waals surface area contributed by atoms with Crippen LogP contribution in [-0.2, 0) is 0 Å². The second-order valence-electron chi connectivity index (χ2n) is 5.12. The lowest BCUT2D eigenvalue weighted by atomic mass is 9.79. The Balaban J connectivity index is 0.00000144. The highest BCUT2D eigenvalue weighted by Crippen LogP contribution is 2.30. The molecular weight excluding hydrogens is 281 g/mol. The molecule has 2 nitrogen and oxygen atoms in total. The lowest BCUT2D eigenvalue weighted by Gasteiger charge is -2.37. The Hall–Kier alpha value is 0.360. The highest BCUT2D eigenvalue weighted by molar-refractivity contribution is 5.85. The van der Waals surface area contributed by atoms with Gasteiger partial charge in [0, 0.05) is 0 Å². The zero-order valence-corrected chi connectivity index (χ0v) is 12.2. The molecule has 1 N–H and O–H groups in total. The number of hydrogen-bond donors (Lipinski definition) is 1. The third kappa shape index (κ3) is 5.55. The molecule has 2 saturated heterocycles. The molecule has 2 aliphatic rings. The molecule has 0 amide bonds. The van der Waals surface area contributed by atoms with E-state index in [4.69, 9.17) is 0 Å². The summed E-state index contributed by atoms with van der Waals surface area (Å²) in [5.41, 5.74) is 0. The SMILES string of the molecule is Cl.Cl.FC(F)CN1CCC(C2CCNCC2)CC1. The summed E-state index contributed by atoms with van der Waals surface area (Å²) in [5.74, 6) is 1.63. The Morgan fingerprint density at radius 3 is 1.94 bits per heavy atom. The summed E-state index contributed by atoms with van der Waals surface area (Å²) in [6.07, 6.45) is 2.63. The quantitative estimate of drug-likeness (QED) is 0.862. The van der Waals surface area contributed by atoms with Gasteiger partial charge in [0.15, 0.2) is 0 Å². The van der Waals surface area contributed by atoms with E-state index in [1.807, 2.05) is 4.90 Å². The van der Waals surface area contributed by atoms with Crippen molar-refractivity contribution in [2.24, 2.45) is 11.8 Å². The Labute approximate surface area is 121 Å². The molecule has 6 heteroatoms. The Morgan fingerprint density at radius 1 is 0.944 bits per heavy atom. The number of likely N-dealkylation sites (tertiary alicyclic amines) is 1. The summed E-state index contributed by atoms with van der Waals surface area (Å²) in [6.45, 7) is 4.00. The molecule has 0 atom stereocenters. The van der Waals surface area contributed by atoms with Gasteiger partial charge in [-0.25, -0.2) is 8.78 Å². The van der Waals surface area contributed by atoms with Gasteiger partial charge in [0.2, 0.25) is 0 Å².